The first-order valence-electron chi connectivity index (χ1n) is 10.7. The predicted molar refractivity (Wildman–Crippen MR) is 112 cm³/mol. The number of nitrogens with zero attached hydrogens (tertiary/aromatic N) is 1. The van der Waals surface area contributed by atoms with Crippen molar-refractivity contribution >= 4 is 35.3 Å². The molecular weight excluding hydrogens is 402 g/mol. The molecule has 0 aromatic heterocycles. The standard InChI is InChI=1S/C22H27N3O6/c26-17-12-11-16(20(29)24-17)25-21(30)14-8-7-9-15(19(14)22(25)31)23-13-6-4-2-1-3-5-10-18(27)28/h7-9,16,23H,1-6,10-13H2,(H,27,28)(H,24,26,29). The first-order chi connectivity index (χ1) is 14.9. The van der Waals surface area contributed by atoms with Crippen molar-refractivity contribution in [3.05, 3.63) is 29.3 Å². The van der Waals surface area contributed by atoms with E-state index < -0.39 is 35.6 Å². The second-order valence-electron chi connectivity index (χ2n) is 7.87. The molecule has 4 amide bonds. The SMILES string of the molecule is O=C(O)CCCCCCCCNc1cccc2c1C(=O)N(C1CCC(=O)NC1=O)C2=O. The van der Waals surface area contributed by atoms with Gasteiger partial charge in [-0.2, -0.15) is 0 Å². The number of hydrogen-bond acceptors (Lipinski definition) is 6. The summed E-state index contributed by atoms with van der Waals surface area (Å²) in [5, 5.41) is 14.0. The minimum Gasteiger partial charge on any atom is -0.481 e. The summed E-state index contributed by atoms with van der Waals surface area (Å²) in [6, 6.07) is 4.04. The Balaban J connectivity index is 1.53. The Kier molecular flexibility index (Phi) is 7.38. The monoisotopic (exact) mass is 429 g/mol. The van der Waals surface area contributed by atoms with Crippen LogP contribution in [0.1, 0.15) is 78.5 Å². The number of benzene rings is 1. The Hall–Kier alpha value is -3.23. The highest BCUT2D eigenvalue weighted by atomic mass is 16.4. The number of rotatable bonds is 11. The first-order valence-corrected chi connectivity index (χ1v) is 10.7. The van der Waals surface area contributed by atoms with Gasteiger partial charge in [-0.3, -0.25) is 34.2 Å². The molecule has 1 unspecified atom stereocenters. The molecule has 9 nitrogen and oxygen atoms in total. The first kappa shape index (κ1) is 22.5. The summed E-state index contributed by atoms with van der Waals surface area (Å²) in [4.78, 5) is 60.8. The summed E-state index contributed by atoms with van der Waals surface area (Å²) in [5.41, 5.74) is 1.09. The van der Waals surface area contributed by atoms with E-state index in [2.05, 4.69) is 10.6 Å². The lowest BCUT2D eigenvalue weighted by Crippen LogP contribution is -2.54. The van der Waals surface area contributed by atoms with Crippen LogP contribution in [0, 0.1) is 0 Å². The van der Waals surface area contributed by atoms with Gasteiger partial charge in [0.2, 0.25) is 11.8 Å². The Morgan fingerprint density at radius 3 is 2.45 bits per heavy atom. The normalized spacial score (nSPS) is 18.2. The lowest BCUT2D eigenvalue weighted by molar-refractivity contribution is -0.138. The number of nitrogens with one attached hydrogen (secondary N) is 2. The third kappa shape index (κ3) is 5.28. The van der Waals surface area contributed by atoms with Crippen LogP contribution in [0.4, 0.5) is 5.69 Å². The van der Waals surface area contributed by atoms with Crippen molar-refractivity contribution < 1.29 is 29.1 Å². The number of unbranched alkanes of at least 4 members (excludes halogenated alkanes) is 5. The molecule has 0 spiro atoms. The Morgan fingerprint density at radius 2 is 1.74 bits per heavy atom. The van der Waals surface area contributed by atoms with E-state index in [9.17, 15) is 24.0 Å². The average Bonchev–Trinajstić information content (AvgIpc) is 2.98. The number of carbonyl (C=O) groups is 5. The van der Waals surface area contributed by atoms with Crippen molar-refractivity contribution in [2.45, 2.75) is 63.8 Å². The quantitative estimate of drug-likeness (QED) is 0.363. The van der Waals surface area contributed by atoms with E-state index >= 15 is 0 Å². The number of carboxylic acid groups (broad SMARTS) is 1. The number of piperidine rings is 1. The topological polar surface area (TPSA) is 133 Å². The fourth-order valence-electron chi connectivity index (χ4n) is 3.99. The van der Waals surface area contributed by atoms with Crippen molar-refractivity contribution in [1.82, 2.24) is 10.2 Å². The van der Waals surface area contributed by atoms with Crippen molar-refractivity contribution in [3.8, 4) is 0 Å². The maximum absolute atomic E-state index is 13.0. The van der Waals surface area contributed by atoms with E-state index in [0.29, 0.717) is 18.7 Å². The number of imide groups is 2. The number of amides is 4. The molecule has 9 heteroatoms. The summed E-state index contributed by atoms with van der Waals surface area (Å²) in [5.74, 6) is -2.81. The highest BCUT2D eigenvalue weighted by Gasteiger charge is 2.45. The number of carboxylic acids is 1. The van der Waals surface area contributed by atoms with E-state index in [-0.39, 0.29) is 30.4 Å². The fraction of sp³-hybridized carbons (Fsp3) is 0.500. The van der Waals surface area contributed by atoms with Gasteiger partial charge in [-0.25, -0.2) is 0 Å². The summed E-state index contributed by atoms with van der Waals surface area (Å²) in [6.07, 6.45) is 5.88. The van der Waals surface area contributed by atoms with Crippen LogP contribution in [0.5, 0.6) is 0 Å². The zero-order valence-corrected chi connectivity index (χ0v) is 17.3. The molecule has 3 rings (SSSR count). The molecule has 3 N–H and O–H groups in total. The van der Waals surface area contributed by atoms with Gasteiger partial charge in [-0.1, -0.05) is 31.7 Å². The molecule has 166 valence electrons. The molecule has 2 aliphatic rings. The highest BCUT2D eigenvalue weighted by Crippen LogP contribution is 2.32. The molecule has 2 heterocycles. The van der Waals surface area contributed by atoms with Crippen LogP contribution < -0.4 is 10.6 Å². The number of aliphatic carboxylic acids is 1. The summed E-state index contributed by atoms with van der Waals surface area (Å²) in [7, 11) is 0. The molecule has 2 aliphatic heterocycles. The van der Waals surface area contributed by atoms with Crippen LogP contribution in [0.3, 0.4) is 0 Å². The molecule has 1 atom stereocenters. The molecule has 0 bridgehead atoms. The van der Waals surface area contributed by atoms with Gasteiger partial charge in [0.15, 0.2) is 0 Å². The number of anilines is 1. The molecule has 1 saturated heterocycles. The van der Waals surface area contributed by atoms with Gasteiger partial charge < -0.3 is 10.4 Å². The second-order valence-corrected chi connectivity index (χ2v) is 7.87. The van der Waals surface area contributed by atoms with Crippen molar-refractivity contribution in [3.63, 3.8) is 0 Å². The lowest BCUT2D eigenvalue weighted by Gasteiger charge is -2.27. The smallest absolute Gasteiger partial charge is 0.303 e. The van der Waals surface area contributed by atoms with E-state index in [1.54, 1.807) is 18.2 Å². The van der Waals surface area contributed by atoms with Gasteiger partial charge >= 0.3 is 5.97 Å². The van der Waals surface area contributed by atoms with E-state index in [1.165, 1.54) is 0 Å². The summed E-state index contributed by atoms with van der Waals surface area (Å²) >= 11 is 0. The number of fused-ring (bicyclic) bond motifs is 1. The zero-order valence-electron chi connectivity index (χ0n) is 17.3. The molecular formula is C22H27N3O6. The predicted octanol–water partition coefficient (Wildman–Crippen LogP) is 2.31. The molecule has 0 aliphatic carbocycles. The third-order valence-electron chi connectivity index (χ3n) is 5.60. The van der Waals surface area contributed by atoms with Gasteiger partial charge in [0.1, 0.15) is 6.04 Å². The Morgan fingerprint density at radius 1 is 1.03 bits per heavy atom. The van der Waals surface area contributed by atoms with Gasteiger partial charge in [0.05, 0.1) is 11.1 Å². The van der Waals surface area contributed by atoms with E-state index in [0.717, 1.165) is 37.0 Å². The molecule has 0 saturated carbocycles. The van der Waals surface area contributed by atoms with Crippen LogP contribution in [-0.4, -0.2) is 52.2 Å². The Bertz CT molecular complexity index is 897. The molecule has 0 radical (unpaired) electrons. The van der Waals surface area contributed by atoms with Crippen molar-refractivity contribution in [2.75, 3.05) is 11.9 Å². The van der Waals surface area contributed by atoms with Gasteiger partial charge in [-0.15, -0.1) is 0 Å². The minimum atomic E-state index is -0.973. The van der Waals surface area contributed by atoms with E-state index in [1.807, 2.05) is 0 Å². The zero-order chi connectivity index (χ0) is 22.4. The van der Waals surface area contributed by atoms with Crippen LogP contribution in [-0.2, 0) is 14.4 Å². The minimum absolute atomic E-state index is 0.0885. The summed E-state index contributed by atoms with van der Waals surface area (Å²) < 4.78 is 0. The van der Waals surface area contributed by atoms with E-state index in [4.69, 9.17) is 5.11 Å². The number of carbonyl (C=O) groups excluding carboxylic acids is 4. The molecule has 1 fully saturated rings. The van der Waals surface area contributed by atoms with Crippen LogP contribution in [0.25, 0.3) is 0 Å². The van der Waals surface area contributed by atoms with Gasteiger partial charge in [0, 0.05) is 25.1 Å². The van der Waals surface area contributed by atoms with Crippen molar-refractivity contribution in [2.24, 2.45) is 0 Å². The Labute approximate surface area is 180 Å². The lowest BCUT2D eigenvalue weighted by atomic mass is 10.0. The van der Waals surface area contributed by atoms with Crippen molar-refractivity contribution in [1.29, 1.82) is 0 Å². The van der Waals surface area contributed by atoms with Gasteiger partial charge in [0.25, 0.3) is 11.8 Å². The highest BCUT2D eigenvalue weighted by molar-refractivity contribution is 6.25. The summed E-state index contributed by atoms with van der Waals surface area (Å²) in [6.45, 7) is 0.630. The maximum atomic E-state index is 13.0. The average molecular weight is 429 g/mol. The fourth-order valence-corrected chi connectivity index (χ4v) is 3.99. The van der Waals surface area contributed by atoms with Gasteiger partial charge in [-0.05, 0) is 31.4 Å². The van der Waals surface area contributed by atoms with Crippen LogP contribution in [0.2, 0.25) is 0 Å². The largest absolute Gasteiger partial charge is 0.481 e. The van der Waals surface area contributed by atoms with Crippen LogP contribution >= 0.6 is 0 Å². The third-order valence-corrected chi connectivity index (χ3v) is 5.60. The number of hydrogen-bond donors (Lipinski definition) is 3. The molecule has 1 aromatic carbocycles. The van der Waals surface area contributed by atoms with Crippen LogP contribution in [0.15, 0.2) is 18.2 Å². The maximum Gasteiger partial charge on any atom is 0.303 e. The molecule has 31 heavy (non-hydrogen) atoms. The molecule has 1 aromatic rings. The second kappa shape index (κ2) is 10.2.